The Bertz CT molecular complexity index is 603. The van der Waals surface area contributed by atoms with Crippen molar-refractivity contribution < 1.29 is 8.78 Å². The second-order valence-electron chi connectivity index (χ2n) is 3.16. The SMILES string of the molecule is N#CCc1nc(-c2ccc(F)c(F)c2Br)n[nH]1. The summed E-state index contributed by atoms with van der Waals surface area (Å²) in [6, 6.07) is 4.26. The summed E-state index contributed by atoms with van der Waals surface area (Å²) in [5.74, 6) is -1.36. The summed E-state index contributed by atoms with van der Waals surface area (Å²) < 4.78 is 26.2. The molecule has 0 saturated carbocycles. The lowest BCUT2D eigenvalue weighted by molar-refractivity contribution is 0.504. The van der Waals surface area contributed by atoms with E-state index in [1.165, 1.54) is 6.07 Å². The quantitative estimate of drug-likeness (QED) is 0.867. The lowest BCUT2D eigenvalue weighted by atomic mass is 10.2. The van der Waals surface area contributed by atoms with Gasteiger partial charge < -0.3 is 0 Å². The molecule has 0 atom stereocenters. The molecule has 0 fully saturated rings. The van der Waals surface area contributed by atoms with E-state index in [1.54, 1.807) is 0 Å². The second kappa shape index (κ2) is 4.59. The van der Waals surface area contributed by atoms with E-state index in [1.807, 2.05) is 6.07 Å². The van der Waals surface area contributed by atoms with Crippen molar-refractivity contribution in [1.82, 2.24) is 15.2 Å². The van der Waals surface area contributed by atoms with Gasteiger partial charge in [0.15, 0.2) is 17.5 Å². The second-order valence-corrected chi connectivity index (χ2v) is 3.96. The highest BCUT2D eigenvalue weighted by molar-refractivity contribution is 9.10. The van der Waals surface area contributed by atoms with Crippen LogP contribution in [0.1, 0.15) is 5.82 Å². The van der Waals surface area contributed by atoms with Crippen LogP contribution in [-0.2, 0) is 6.42 Å². The molecule has 0 aliphatic heterocycles. The van der Waals surface area contributed by atoms with Gasteiger partial charge in [-0.2, -0.15) is 10.4 Å². The van der Waals surface area contributed by atoms with Crippen LogP contribution in [0.4, 0.5) is 8.78 Å². The van der Waals surface area contributed by atoms with Gasteiger partial charge in [-0.3, -0.25) is 5.10 Å². The number of nitrogens with zero attached hydrogens (tertiary/aromatic N) is 3. The normalized spacial score (nSPS) is 10.2. The fraction of sp³-hybridized carbons (Fsp3) is 0.100. The van der Waals surface area contributed by atoms with E-state index < -0.39 is 11.6 Å². The molecule has 17 heavy (non-hydrogen) atoms. The van der Waals surface area contributed by atoms with Crippen molar-refractivity contribution >= 4 is 15.9 Å². The minimum atomic E-state index is -0.992. The fourth-order valence-corrected chi connectivity index (χ4v) is 1.77. The van der Waals surface area contributed by atoms with Crippen molar-refractivity contribution in [3.05, 3.63) is 34.1 Å². The number of benzene rings is 1. The molecule has 7 heteroatoms. The molecule has 1 aromatic carbocycles. The minimum absolute atomic E-state index is 0.0417. The van der Waals surface area contributed by atoms with Gasteiger partial charge in [0.05, 0.1) is 17.0 Å². The third kappa shape index (κ3) is 2.17. The Hall–Kier alpha value is -1.81. The first-order chi connectivity index (χ1) is 8.13. The summed E-state index contributed by atoms with van der Waals surface area (Å²) in [5, 5.41) is 14.9. The van der Waals surface area contributed by atoms with Crippen molar-refractivity contribution in [3.8, 4) is 17.5 Å². The molecule has 0 aliphatic rings. The molecule has 1 heterocycles. The average Bonchev–Trinajstić information content (AvgIpc) is 2.75. The number of nitrogens with one attached hydrogen (secondary N) is 1. The van der Waals surface area contributed by atoms with Gasteiger partial charge in [0.25, 0.3) is 0 Å². The van der Waals surface area contributed by atoms with Crippen LogP contribution < -0.4 is 0 Å². The van der Waals surface area contributed by atoms with Crippen LogP contribution in [0.2, 0.25) is 0 Å². The largest absolute Gasteiger partial charge is 0.262 e. The predicted molar refractivity (Wildman–Crippen MR) is 58.8 cm³/mol. The molecule has 2 aromatic rings. The molecule has 4 nitrogen and oxygen atoms in total. The highest BCUT2D eigenvalue weighted by atomic mass is 79.9. The van der Waals surface area contributed by atoms with E-state index in [0.29, 0.717) is 11.4 Å². The molecule has 1 aromatic heterocycles. The molecule has 0 saturated heterocycles. The highest BCUT2D eigenvalue weighted by Gasteiger charge is 2.15. The molecule has 0 radical (unpaired) electrons. The van der Waals surface area contributed by atoms with Crippen molar-refractivity contribution in [2.75, 3.05) is 0 Å². The van der Waals surface area contributed by atoms with Crippen LogP contribution in [0, 0.1) is 23.0 Å². The Morgan fingerprint density at radius 3 is 2.88 bits per heavy atom. The zero-order chi connectivity index (χ0) is 12.4. The molecule has 1 N–H and O–H groups in total. The van der Waals surface area contributed by atoms with E-state index in [0.717, 1.165) is 6.07 Å². The van der Waals surface area contributed by atoms with Crippen LogP contribution in [0.3, 0.4) is 0 Å². The highest BCUT2D eigenvalue weighted by Crippen LogP contribution is 2.29. The topological polar surface area (TPSA) is 65.4 Å². The van der Waals surface area contributed by atoms with Gasteiger partial charge in [0, 0.05) is 5.56 Å². The minimum Gasteiger partial charge on any atom is -0.262 e. The van der Waals surface area contributed by atoms with Crippen molar-refractivity contribution in [2.45, 2.75) is 6.42 Å². The zero-order valence-corrected chi connectivity index (χ0v) is 9.92. The Morgan fingerprint density at radius 1 is 1.41 bits per heavy atom. The first-order valence-corrected chi connectivity index (χ1v) is 5.35. The lowest BCUT2D eigenvalue weighted by Crippen LogP contribution is -1.91. The summed E-state index contributed by atoms with van der Waals surface area (Å²) in [4.78, 5) is 3.99. The third-order valence-corrected chi connectivity index (χ3v) is 2.83. The molecule has 86 valence electrons. The molecule has 0 bridgehead atoms. The third-order valence-electron chi connectivity index (χ3n) is 2.05. The van der Waals surface area contributed by atoms with Gasteiger partial charge in [-0.1, -0.05) is 0 Å². The predicted octanol–water partition coefficient (Wildman–Crippen LogP) is 2.58. The number of H-pyrrole nitrogens is 1. The average molecular weight is 299 g/mol. The molecule has 2 rings (SSSR count). The van der Waals surface area contributed by atoms with E-state index in [4.69, 9.17) is 5.26 Å². The summed E-state index contributed by atoms with van der Waals surface area (Å²) >= 11 is 2.94. The molecule has 0 spiro atoms. The first-order valence-electron chi connectivity index (χ1n) is 4.55. The lowest BCUT2D eigenvalue weighted by Gasteiger charge is -2.01. The first kappa shape index (κ1) is 11.7. The standard InChI is InChI=1S/C10H5BrF2N4/c11-8-5(1-2-6(12)9(8)13)10-15-7(3-4-14)16-17-10/h1-2H,3H2,(H,15,16,17). The summed E-state index contributed by atoms with van der Waals surface area (Å²) in [6.07, 6.45) is 0.0777. The number of nitriles is 1. The Kier molecular flexibility index (Phi) is 3.15. The molecule has 0 unspecified atom stereocenters. The molecular weight excluding hydrogens is 294 g/mol. The number of rotatable bonds is 2. The number of hydrogen-bond acceptors (Lipinski definition) is 3. The number of hydrogen-bond donors (Lipinski definition) is 1. The van der Waals surface area contributed by atoms with Gasteiger partial charge in [-0.15, -0.1) is 0 Å². The van der Waals surface area contributed by atoms with Crippen LogP contribution in [0.15, 0.2) is 16.6 Å². The summed E-state index contributed by atoms with van der Waals surface area (Å²) in [6.45, 7) is 0. The Labute approximate surface area is 103 Å². The number of aromatic nitrogens is 3. The van der Waals surface area contributed by atoms with Crippen LogP contribution in [0.5, 0.6) is 0 Å². The van der Waals surface area contributed by atoms with Gasteiger partial charge >= 0.3 is 0 Å². The van der Waals surface area contributed by atoms with Crippen LogP contribution in [0.25, 0.3) is 11.4 Å². The maximum Gasteiger partial charge on any atom is 0.182 e. The van der Waals surface area contributed by atoms with Gasteiger partial charge in [0.2, 0.25) is 0 Å². The van der Waals surface area contributed by atoms with Crippen LogP contribution >= 0.6 is 15.9 Å². The van der Waals surface area contributed by atoms with Crippen molar-refractivity contribution in [3.63, 3.8) is 0 Å². The van der Waals surface area contributed by atoms with Gasteiger partial charge in [-0.05, 0) is 28.1 Å². The fourth-order valence-electron chi connectivity index (χ4n) is 1.27. The van der Waals surface area contributed by atoms with Crippen molar-refractivity contribution in [1.29, 1.82) is 5.26 Å². The van der Waals surface area contributed by atoms with Gasteiger partial charge in [0.1, 0.15) is 5.82 Å². The van der Waals surface area contributed by atoms with E-state index in [9.17, 15) is 8.78 Å². The van der Waals surface area contributed by atoms with E-state index in [2.05, 4.69) is 31.1 Å². The molecular formula is C10H5BrF2N4. The van der Waals surface area contributed by atoms with Crippen molar-refractivity contribution in [2.24, 2.45) is 0 Å². The van der Waals surface area contributed by atoms with Gasteiger partial charge in [-0.25, -0.2) is 13.8 Å². The zero-order valence-electron chi connectivity index (χ0n) is 8.34. The maximum atomic E-state index is 13.3. The van der Waals surface area contributed by atoms with E-state index in [-0.39, 0.29) is 16.7 Å². The number of aromatic amines is 1. The molecule has 0 amide bonds. The van der Waals surface area contributed by atoms with E-state index >= 15 is 0 Å². The monoisotopic (exact) mass is 298 g/mol. The van der Waals surface area contributed by atoms with Crippen LogP contribution in [-0.4, -0.2) is 15.2 Å². The smallest absolute Gasteiger partial charge is 0.182 e. The maximum absolute atomic E-state index is 13.3. The molecule has 0 aliphatic carbocycles. The summed E-state index contributed by atoms with van der Waals surface area (Å²) in [5.41, 5.74) is 0.323. The Balaban J connectivity index is 2.46. The number of halogens is 3. The summed E-state index contributed by atoms with van der Waals surface area (Å²) in [7, 11) is 0. The Morgan fingerprint density at radius 2 is 2.18 bits per heavy atom.